The molecule has 2 saturated heterocycles. The van der Waals surface area contributed by atoms with Crippen molar-refractivity contribution in [1.82, 2.24) is 29.4 Å². The Labute approximate surface area is 264 Å². The van der Waals surface area contributed by atoms with Crippen molar-refractivity contribution in [2.75, 3.05) is 62.7 Å². The van der Waals surface area contributed by atoms with Crippen molar-refractivity contribution < 1.29 is 17.9 Å². The summed E-state index contributed by atoms with van der Waals surface area (Å²) in [5, 5.41) is 10.9. The Morgan fingerprint density at radius 3 is 2.58 bits per heavy atom. The molecule has 0 bridgehead atoms. The molecule has 7 rings (SSSR count). The van der Waals surface area contributed by atoms with E-state index in [1.54, 1.807) is 23.5 Å². The van der Waals surface area contributed by atoms with Crippen LogP contribution in [0.2, 0.25) is 0 Å². The summed E-state index contributed by atoms with van der Waals surface area (Å²) < 4.78 is 34.9. The monoisotopic (exact) mass is 644 g/mol. The van der Waals surface area contributed by atoms with Gasteiger partial charge in [-0.05, 0) is 42.5 Å². The number of fused-ring (bicyclic) bond motifs is 2. The number of aromatic nitrogens is 4. The first-order valence-corrected chi connectivity index (χ1v) is 17.0. The molecule has 2 N–H and O–H groups in total. The predicted octanol–water partition coefficient (Wildman–Crippen LogP) is 3.70. The fraction of sp³-hybridized carbons (Fsp3) is 0.290. The number of thiophene rings is 1. The van der Waals surface area contributed by atoms with E-state index >= 15 is 0 Å². The molecule has 5 aromatic rings. The highest BCUT2D eigenvalue weighted by atomic mass is 32.2. The molecule has 0 saturated carbocycles. The summed E-state index contributed by atoms with van der Waals surface area (Å²) >= 11 is 1.70. The molecule has 45 heavy (non-hydrogen) atoms. The highest BCUT2D eigenvalue weighted by Gasteiger charge is 2.29. The number of amides is 1. The van der Waals surface area contributed by atoms with E-state index in [9.17, 15) is 13.2 Å². The van der Waals surface area contributed by atoms with Gasteiger partial charge in [-0.1, -0.05) is 18.7 Å². The van der Waals surface area contributed by atoms with Gasteiger partial charge in [0.1, 0.15) is 0 Å². The van der Waals surface area contributed by atoms with Crippen molar-refractivity contribution in [3.63, 3.8) is 0 Å². The maximum Gasteiger partial charge on any atom is 0.247 e. The Morgan fingerprint density at radius 2 is 1.82 bits per heavy atom. The summed E-state index contributed by atoms with van der Waals surface area (Å²) in [6.45, 7) is 8.95. The zero-order valence-electron chi connectivity index (χ0n) is 24.5. The smallest absolute Gasteiger partial charge is 0.247 e. The number of anilines is 2. The molecule has 5 heterocycles. The van der Waals surface area contributed by atoms with Gasteiger partial charge in [0.25, 0.3) is 0 Å². The Hall–Kier alpha value is -4.21. The number of hydrogen-bond donors (Lipinski definition) is 2. The van der Waals surface area contributed by atoms with Crippen LogP contribution in [0.15, 0.2) is 72.3 Å². The van der Waals surface area contributed by atoms with Gasteiger partial charge in [0.05, 0.1) is 40.0 Å². The van der Waals surface area contributed by atoms with E-state index in [0.717, 1.165) is 50.5 Å². The summed E-state index contributed by atoms with van der Waals surface area (Å²) in [4.78, 5) is 27.6. The SMILES string of the molecule is C=CC(=O)Nc1ccc(S(=O)(=O)N2CCN(Cc3cc4nc(-c5cccc6[nH]ncc56)nc(N5CCOCC5)c4s3)CC2)cc1. The molecular formula is C31H32N8O4S2. The van der Waals surface area contributed by atoms with Gasteiger partial charge in [0.15, 0.2) is 11.6 Å². The van der Waals surface area contributed by atoms with E-state index in [1.807, 2.05) is 24.4 Å². The van der Waals surface area contributed by atoms with Crippen LogP contribution in [0, 0.1) is 0 Å². The number of carbonyl (C=O) groups is 1. The average molecular weight is 645 g/mol. The second kappa shape index (κ2) is 12.3. The lowest BCUT2D eigenvalue weighted by atomic mass is 10.1. The third-order valence-electron chi connectivity index (χ3n) is 8.10. The van der Waals surface area contributed by atoms with Crippen molar-refractivity contribution in [3.8, 4) is 11.4 Å². The quantitative estimate of drug-likeness (QED) is 0.242. The molecule has 0 unspecified atom stereocenters. The van der Waals surface area contributed by atoms with Gasteiger partial charge in [-0.3, -0.25) is 14.8 Å². The zero-order valence-corrected chi connectivity index (χ0v) is 26.1. The summed E-state index contributed by atoms with van der Waals surface area (Å²) in [7, 11) is -3.65. The fourth-order valence-corrected chi connectivity index (χ4v) is 8.29. The second-order valence-electron chi connectivity index (χ2n) is 10.9. The van der Waals surface area contributed by atoms with Crippen LogP contribution < -0.4 is 10.2 Å². The summed E-state index contributed by atoms with van der Waals surface area (Å²) in [6.07, 6.45) is 2.98. The predicted molar refractivity (Wildman–Crippen MR) is 175 cm³/mol. The van der Waals surface area contributed by atoms with Gasteiger partial charge < -0.3 is 15.0 Å². The van der Waals surface area contributed by atoms with Gasteiger partial charge in [0, 0.05) is 67.3 Å². The van der Waals surface area contributed by atoms with Gasteiger partial charge in [-0.25, -0.2) is 18.4 Å². The van der Waals surface area contributed by atoms with Gasteiger partial charge >= 0.3 is 0 Å². The fourth-order valence-electron chi connectivity index (χ4n) is 5.72. The van der Waals surface area contributed by atoms with Gasteiger partial charge in [0.2, 0.25) is 15.9 Å². The first kappa shape index (κ1) is 29.5. The number of morpholine rings is 1. The molecule has 3 aromatic heterocycles. The molecule has 0 spiro atoms. The number of H-pyrrole nitrogens is 1. The average Bonchev–Trinajstić information content (AvgIpc) is 3.72. The molecule has 0 aliphatic carbocycles. The lowest BCUT2D eigenvalue weighted by Crippen LogP contribution is -2.48. The van der Waals surface area contributed by atoms with E-state index in [-0.39, 0.29) is 10.8 Å². The minimum atomic E-state index is -3.65. The van der Waals surface area contributed by atoms with Crippen LogP contribution in [-0.2, 0) is 26.1 Å². The van der Waals surface area contributed by atoms with Crippen LogP contribution in [0.4, 0.5) is 11.5 Å². The number of nitrogens with zero attached hydrogens (tertiary/aromatic N) is 6. The number of hydrogen-bond acceptors (Lipinski definition) is 10. The Balaban J connectivity index is 1.09. The first-order valence-electron chi connectivity index (χ1n) is 14.7. The minimum Gasteiger partial charge on any atom is -0.378 e. The summed E-state index contributed by atoms with van der Waals surface area (Å²) in [5.74, 6) is 1.23. The van der Waals surface area contributed by atoms with E-state index in [2.05, 4.69) is 38.0 Å². The van der Waals surface area contributed by atoms with Crippen LogP contribution in [-0.4, -0.2) is 96.2 Å². The maximum atomic E-state index is 13.3. The molecular weight excluding hydrogens is 613 g/mol. The summed E-state index contributed by atoms with van der Waals surface area (Å²) in [6, 6.07) is 14.3. The molecule has 0 radical (unpaired) electrons. The third kappa shape index (κ3) is 5.94. The molecule has 0 atom stereocenters. The standard InChI is InChI=1S/C31H32N8O4S2/c1-2-28(40)33-21-6-8-23(9-7-21)45(41,42)39-12-10-37(11-13-39)20-22-18-27-29(44-22)31(38-14-16-43-17-15-38)35-30(34-27)24-4-3-5-26-25(24)19-32-36-26/h2-9,18-19H,1,10-17,20H2,(H,32,36)(H,33,40). The molecule has 12 nitrogen and oxygen atoms in total. The van der Waals surface area contributed by atoms with Crippen molar-refractivity contribution >= 4 is 59.9 Å². The third-order valence-corrected chi connectivity index (χ3v) is 11.1. The van der Waals surface area contributed by atoms with Gasteiger partial charge in [-0.2, -0.15) is 9.40 Å². The summed E-state index contributed by atoms with van der Waals surface area (Å²) in [5.41, 5.74) is 3.28. The zero-order chi connectivity index (χ0) is 31.0. The molecule has 14 heteroatoms. The van der Waals surface area contributed by atoms with Crippen LogP contribution in [0.1, 0.15) is 4.88 Å². The topological polar surface area (TPSA) is 137 Å². The molecule has 1 amide bonds. The molecule has 2 aliphatic heterocycles. The number of piperazine rings is 1. The Morgan fingerprint density at radius 1 is 1.04 bits per heavy atom. The van der Waals surface area contributed by atoms with Crippen LogP contribution in [0.5, 0.6) is 0 Å². The second-order valence-corrected chi connectivity index (χ2v) is 14.0. The van der Waals surface area contributed by atoms with E-state index in [4.69, 9.17) is 14.7 Å². The molecule has 2 aliphatic rings. The van der Waals surface area contributed by atoms with Crippen LogP contribution in [0.3, 0.4) is 0 Å². The van der Waals surface area contributed by atoms with E-state index in [0.29, 0.717) is 57.4 Å². The number of sulfonamides is 1. The van der Waals surface area contributed by atoms with Gasteiger partial charge in [-0.15, -0.1) is 11.3 Å². The van der Waals surface area contributed by atoms with E-state index in [1.165, 1.54) is 22.5 Å². The first-order chi connectivity index (χ1) is 21.9. The maximum absolute atomic E-state index is 13.3. The lowest BCUT2D eigenvalue weighted by Gasteiger charge is -2.33. The number of benzene rings is 2. The number of carbonyl (C=O) groups excluding carboxylic acids is 1. The van der Waals surface area contributed by atoms with Crippen molar-refractivity contribution in [2.24, 2.45) is 0 Å². The minimum absolute atomic E-state index is 0.202. The van der Waals surface area contributed by atoms with Crippen molar-refractivity contribution in [3.05, 3.63) is 72.3 Å². The number of rotatable bonds is 8. The Bertz CT molecular complexity index is 1980. The molecule has 232 valence electrons. The number of ether oxygens (including phenoxy) is 1. The highest BCUT2D eigenvalue weighted by Crippen LogP contribution is 2.36. The number of aromatic amines is 1. The van der Waals surface area contributed by atoms with Crippen molar-refractivity contribution in [2.45, 2.75) is 11.4 Å². The van der Waals surface area contributed by atoms with E-state index < -0.39 is 10.0 Å². The normalized spacial score (nSPS) is 16.8. The highest BCUT2D eigenvalue weighted by molar-refractivity contribution is 7.89. The van der Waals surface area contributed by atoms with Crippen LogP contribution in [0.25, 0.3) is 32.5 Å². The lowest BCUT2D eigenvalue weighted by molar-refractivity contribution is -0.111. The molecule has 2 aromatic carbocycles. The van der Waals surface area contributed by atoms with Crippen LogP contribution >= 0.6 is 11.3 Å². The Kier molecular flexibility index (Phi) is 8.06. The molecule has 2 fully saturated rings. The number of nitrogens with one attached hydrogen (secondary N) is 2. The van der Waals surface area contributed by atoms with Crippen molar-refractivity contribution in [1.29, 1.82) is 0 Å². The largest absolute Gasteiger partial charge is 0.378 e.